The molecule has 1 aromatic carbocycles. The predicted octanol–water partition coefficient (Wildman–Crippen LogP) is 5.10. The molecule has 21 heavy (non-hydrogen) atoms. The second kappa shape index (κ2) is 6.30. The predicted molar refractivity (Wildman–Crippen MR) is 88.9 cm³/mol. The number of hydrogen-bond acceptors (Lipinski definition) is 4. The van der Waals surface area contributed by atoms with Gasteiger partial charge in [-0.25, -0.2) is 4.79 Å². The standard InChI is InChI=1S/C15H14ClNO2S2/c16-9-5-7-10(8-6-9)21-17-14-13(15(18)19)11-3-1-2-4-12(11)20-14/h5-8,17H,1-4H2,(H,18,19). The van der Waals surface area contributed by atoms with Gasteiger partial charge in [0.25, 0.3) is 0 Å². The van der Waals surface area contributed by atoms with E-state index in [9.17, 15) is 9.90 Å². The second-order valence-electron chi connectivity index (χ2n) is 4.88. The fraction of sp³-hybridized carbons (Fsp3) is 0.267. The first-order valence-corrected chi connectivity index (χ1v) is 8.72. The van der Waals surface area contributed by atoms with Crippen molar-refractivity contribution in [3.63, 3.8) is 0 Å². The summed E-state index contributed by atoms with van der Waals surface area (Å²) in [7, 11) is 0. The van der Waals surface area contributed by atoms with Crippen LogP contribution in [0.4, 0.5) is 5.00 Å². The van der Waals surface area contributed by atoms with Gasteiger partial charge in [0.15, 0.2) is 0 Å². The van der Waals surface area contributed by atoms with Crippen molar-refractivity contribution in [2.45, 2.75) is 30.6 Å². The maximum absolute atomic E-state index is 11.6. The number of hydrogen-bond donors (Lipinski definition) is 2. The highest BCUT2D eigenvalue weighted by Crippen LogP contribution is 2.40. The van der Waals surface area contributed by atoms with Gasteiger partial charge in [0, 0.05) is 14.8 Å². The molecular weight excluding hydrogens is 326 g/mol. The quantitative estimate of drug-likeness (QED) is 0.761. The Labute approximate surface area is 136 Å². The fourth-order valence-corrected chi connectivity index (χ4v) is 4.61. The normalized spacial score (nSPS) is 13.8. The van der Waals surface area contributed by atoms with Gasteiger partial charge in [0.1, 0.15) is 5.00 Å². The van der Waals surface area contributed by atoms with Crippen molar-refractivity contribution in [2.24, 2.45) is 0 Å². The van der Waals surface area contributed by atoms with E-state index < -0.39 is 5.97 Å². The van der Waals surface area contributed by atoms with Crippen LogP contribution in [-0.2, 0) is 12.8 Å². The van der Waals surface area contributed by atoms with E-state index in [1.807, 2.05) is 24.3 Å². The van der Waals surface area contributed by atoms with E-state index in [4.69, 9.17) is 11.6 Å². The number of rotatable bonds is 4. The Bertz CT molecular complexity index is 667. The van der Waals surface area contributed by atoms with Gasteiger partial charge in [-0.3, -0.25) is 0 Å². The molecule has 0 radical (unpaired) electrons. The zero-order valence-electron chi connectivity index (χ0n) is 11.2. The Hall–Kier alpha value is -1.17. The summed E-state index contributed by atoms with van der Waals surface area (Å²) in [6, 6.07) is 7.47. The Morgan fingerprint density at radius 3 is 2.67 bits per heavy atom. The van der Waals surface area contributed by atoms with Crippen LogP contribution < -0.4 is 4.72 Å². The van der Waals surface area contributed by atoms with Crippen molar-refractivity contribution in [1.82, 2.24) is 0 Å². The first-order valence-electron chi connectivity index (χ1n) is 6.71. The third kappa shape index (κ3) is 3.20. The van der Waals surface area contributed by atoms with Crippen LogP contribution in [0.2, 0.25) is 5.02 Å². The summed E-state index contributed by atoms with van der Waals surface area (Å²) in [5.74, 6) is -0.839. The molecule has 0 saturated carbocycles. The first kappa shape index (κ1) is 14.8. The van der Waals surface area contributed by atoms with E-state index in [0.717, 1.165) is 41.1 Å². The van der Waals surface area contributed by atoms with Gasteiger partial charge < -0.3 is 9.83 Å². The number of anilines is 1. The molecule has 0 fully saturated rings. The van der Waals surface area contributed by atoms with E-state index in [-0.39, 0.29) is 0 Å². The number of fused-ring (bicyclic) bond motifs is 1. The highest BCUT2D eigenvalue weighted by Gasteiger charge is 2.25. The van der Waals surface area contributed by atoms with Crippen LogP contribution >= 0.6 is 34.9 Å². The lowest BCUT2D eigenvalue weighted by Crippen LogP contribution is -2.06. The molecular formula is C15H14ClNO2S2. The molecule has 0 spiro atoms. The third-order valence-corrected chi connectivity index (χ3v) is 5.86. The minimum Gasteiger partial charge on any atom is -0.478 e. The summed E-state index contributed by atoms with van der Waals surface area (Å²) in [6.45, 7) is 0. The molecule has 2 N–H and O–H groups in total. The molecule has 0 aliphatic heterocycles. The van der Waals surface area contributed by atoms with Crippen molar-refractivity contribution in [2.75, 3.05) is 4.72 Å². The van der Waals surface area contributed by atoms with Gasteiger partial charge >= 0.3 is 5.97 Å². The maximum atomic E-state index is 11.6. The molecule has 6 heteroatoms. The highest BCUT2D eigenvalue weighted by molar-refractivity contribution is 8.00. The SMILES string of the molecule is O=C(O)c1c(NSc2ccc(Cl)cc2)sc2c1CCCC2. The van der Waals surface area contributed by atoms with Crippen LogP contribution in [0, 0.1) is 0 Å². The van der Waals surface area contributed by atoms with E-state index in [2.05, 4.69) is 4.72 Å². The van der Waals surface area contributed by atoms with Crippen molar-refractivity contribution >= 4 is 45.9 Å². The van der Waals surface area contributed by atoms with E-state index in [1.165, 1.54) is 16.8 Å². The summed E-state index contributed by atoms with van der Waals surface area (Å²) in [4.78, 5) is 13.8. The molecule has 0 unspecified atom stereocenters. The molecule has 0 amide bonds. The van der Waals surface area contributed by atoms with Gasteiger partial charge in [-0.1, -0.05) is 11.6 Å². The van der Waals surface area contributed by atoms with Crippen molar-refractivity contribution in [1.29, 1.82) is 0 Å². The number of thiophene rings is 1. The minimum absolute atomic E-state index is 0.455. The zero-order valence-corrected chi connectivity index (χ0v) is 13.6. The molecule has 3 nitrogen and oxygen atoms in total. The van der Waals surface area contributed by atoms with Crippen LogP contribution in [0.15, 0.2) is 29.2 Å². The first-order chi connectivity index (χ1) is 10.1. The van der Waals surface area contributed by atoms with Crippen LogP contribution in [0.1, 0.15) is 33.6 Å². The number of carboxylic acid groups (broad SMARTS) is 1. The van der Waals surface area contributed by atoms with Crippen molar-refractivity contribution in [3.8, 4) is 0 Å². The molecule has 1 aromatic heterocycles. The number of benzene rings is 1. The second-order valence-corrected chi connectivity index (χ2v) is 7.30. The van der Waals surface area contributed by atoms with Gasteiger partial charge in [-0.2, -0.15) is 0 Å². The molecule has 0 saturated heterocycles. The van der Waals surface area contributed by atoms with E-state index in [0.29, 0.717) is 10.6 Å². The average molecular weight is 340 g/mol. The van der Waals surface area contributed by atoms with Gasteiger partial charge in [-0.15, -0.1) is 11.3 Å². The van der Waals surface area contributed by atoms with Crippen LogP contribution in [0.3, 0.4) is 0 Å². The lowest BCUT2D eigenvalue weighted by molar-refractivity contribution is 0.0697. The smallest absolute Gasteiger partial charge is 0.339 e. The summed E-state index contributed by atoms with van der Waals surface area (Å²) in [5, 5.41) is 10.9. The zero-order chi connectivity index (χ0) is 14.8. The number of aromatic carboxylic acids is 1. The third-order valence-electron chi connectivity index (χ3n) is 3.46. The molecule has 0 atom stereocenters. The lowest BCUT2D eigenvalue weighted by atomic mass is 9.96. The lowest BCUT2D eigenvalue weighted by Gasteiger charge is -2.10. The summed E-state index contributed by atoms with van der Waals surface area (Å²) >= 11 is 8.85. The largest absolute Gasteiger partial charge is 0.478 e. The molecule has 1 heterocycles. The van der Waals surface area contributed by atoms with Crippen molar-refractivity contribution in [3.05, 3.63) is 45.3 Å². The van der Waals surface area contributed by atoms with E-state index in [1.54, 1.807) is 11.3 Å². The minimum atomic E-state index is -0.839. The summed E-state index contributed by atoms with van der Waals surface area (Å²) in [5.41, 5.74) is 1.48. The molecule has 1 aliphatic rings. The maximum Gasteiger partial charge on any atom is 0.339 e. The number of carboxylic acids is 1. The van der Waals surface area contributed by atoms with Crippen molar-refractivity contribution < 1.29 is 9.90 Å². The average Bonchev–Trinajstić information content (AvgIpc) is 2.85. The van der Waals surface area contributed by atoms with Crippen LogP contribution in [0.25, 0.3) is 0 Å². The number of aryl methyl sites for hydroxylation is 1. The molecule has 2 aromatic rings. The van der Waals surface area contributed by atoms with Crippen LogP contribution in [-0.4, -0.2) is 11.1 Å². The molecule has 110 valence electrons. The monoisotopic (exact) mass is 339 g/mol. The summed E-state index contributed by atoms with van der Waals surface area (Å²) in [6.07, 6.45) is 4.10. The molecule has 3 rings (SSSR count). The Kier molecular flexibility index (Phi) is 4.42. The van der Waals surface area contributed by atoms with Gasteiger partial charge in [-0.05, 0) is 67.5 Å². The molecule has 0 bridgehead atoms. The van der Waals surface area contributed by atoms with Gasteiger partial charge in [0.05, 0.1) is 5.56 Å². The Balaban J connectivity index is 1.83. The van der Waals surface area contributed by atoms with E-state index >= 15 is 0 Å². The summed E-state index contributed by atoms with van der Waals surface area (Å²) < 4.78 is 3.20. The fourth-order valence-electron chi connectivity index (χ4n) is 2.47. The number of nitrogens with one attached hydrogen (secondary N) is 1. The topological polar surface area (TPSA) is 49.3 Å². The van der Waals surface area contributed by atoms with Gasteiger partial charge in [0.2, 0.25) is 0 Å². The highest BCUT2D eigenvalue weighted by atomic mass is 35.5. The number of halogens is 1. The molecule has 1 aliphatic carbocycles. The number of carbonyl (C=O) groups is 1. The van der Waals surface area contributed by atoms with Crippen LogP contribution in [0.5, 0.6) is 0 Å². The Morgan fingerprint density at radius 2 is 1.95 bits per heavy atom. The Morgan fingerprint density at radius 1 is 1.24 bits per heavy atom.